The standard InChI is InChI=1S/C22H19N3O4/c1-13-3-4-14(16-6-8-21(28-2)23-11-16)9-18(13)25-22(27)15-5-7-17-19(10-15)29-12-20(26)24-17/h3-11H,12H2,1-2H3,(H,24,26)(H,25,27). The van der Waals surface area contributed by atoms with E-state index in [-0.39, 0.29) is 18.4 Å². The van der Waals surface area contributed by atoms with Crippen LogP contribution < -0.4 is 20.1 Å². The van der Waals surface area contributed by atoms with Gasteiger partial charge in [-0.15, -0.1) is 0 Å². The van der Waals surface area contributed by atoms with Crippen LogP contribution in [0, 0.1) is 6.92 Å². The van der Waals surface area contributed by atoms with Crippen molar-refractivity contribution >= 4 is 23.2 Å². The van der Waals surface area contributed by atoms with Crippen LogP contribution in [0.5, 0.6) is 11.6 Å². The molecule has 1 aliphatic heterocycles. The number of carbonyl (C=O) groups is 2. The second-order valence-corrected chi connectivity index (χ2v) is 6.62. The van der Waals surface area contributed by atoms with Crippen molar-refractivity contribution in [1.29, 1.82) is 0 Å². The molecule has 4 rings (SSSR count). The summed E-state index contributed by atoms with van der Waals surface area (Å²) in [6.45, 7) is 1.87. The zero-order valence-corrected chi connectivity index (χ0v) is 16.0. The highest BCUT2D eigenvalue weighted by Gasteiger charge is 2.18. The number of ether oxygens (including phenoxy) is 2. The first-order valence-electron chi connectivity index (χ1n) is 9.02. The van der Waals surface area contributed by atoms with Crippen molar-refractivity contribution in [3.05, 3.63) is 65.9 Å². The number of anilines is 2. The molecule has 0 radical (unpaired) electrons. The van der Waals surface area contributed by atoms with Gasteiger partial charge in [0, 0.05) is 29.1 Å². The molecular formula is C22H19N3O4. The Labute approximate surface area is 167 Å². The lowest BCUT2D eigenvalue weighted by Gasteiger charge is -2.18. The van der Waals surface area contributed by atoms with Crippen LogP contribution in [-0.2, 0) is 4.79 Å². The summed E-state index contributed by atoms with van der Waals surface area (Å²) in [5.74, 6) is 0.545. The molecule has 0 fully saturated rings. The number of rotatable bonds is 4. The van der Waals surface area contributed by atoms with Crippen LogP contribution in [0.3, 0.4) is 0 Å². The summed E-state index contributed by atoms with van der Waals surface area (Å²) in [4.78, 5) is 28.4. The second-order valence-electron chi connectivity index (χ2n) is 6.62. The summed E-state index contributed by atoms with van der Waals surface area (Å²) in [5.41, 5.74) is 4.48. The van der Waals surface area contributed by atoms with Crippen molar-refractivity contribution in [3.8, 4) is 22.8 Å². The van der Waals surface area contributed by atoms with E-state index in [1.54, 1.807) is 37.6 Å². The van der Waals surface area contributed by atoms with Gasteiger partial charge in [0.2, 0.25) is 5.88 Å². The average Bonchev–Trinajstić information content (AvgIpc) is 2.75. The molecule has 3 aromatic rings. The number of nitrogens with zero attached hydrogens (tertiary/aromatic N) is 1. The van der Waals surface area contributed by atoms with E-state index in [0.717, 1.165) is 16.7 Å². The van der Waals surface area contributed by atoms with E-state index in [4.69, 9.17) is 9.47 Å². The molecule has 2 aromatic carbocycles. The predicted molar refractivity (Wildman–Crippen MR) is 109 cm³/mol. The zero-order valence-electron chi connectivity index (χ0n) is 16.0. The van der Waals surface area contributed by atoms with Crippen LogP contribution in [0.4, 0.5) is 11.4 Å². The highest BCUT2D eigenvalue weighted by molar-refractivity contribution is 6.06. The van der Waals surface area contributed by atoms with E-state index in [2.05, 4.69) is 15.6 Å². The largest absolute Gasteiger partial charge is 0.482 e. The van der Waals surface area contributed by atoms with Gasteiger partial charge >= 0.3 is 0 Å². The predicted octanol–water partition coefficient (Wildman–Crippen LogP) is 3.65. The number of hydrogen-bond donors (Lipinski definition) is 2. The molecule has 7 heteroatoms. The second kappa shape index (κ2) is 7.63. The van der Waals surface area contributed by atoms with Gasteiger partial charge in [0.25, 0.3) is 11.8 Å². The van der Waals surface area contributed by atoms with E-state index >= 15 is 0 Å². The molecule has 2 amide bonds. The highest BCUT2D eigenvalue weighted by Crippen LogP contribution is 2.30. The van der Waals surface area contributed by atoms with Crippen LogP contribution in [-0.4, -0.2) is 30.5 Å². The summed E-state index contributed by atoms with van der Waals surface area (Å²) < 4.78 is 10.5. The van der Waals surface area contributed by atoms with Crippen LogP contribution >= 0.6 is 0 Å². The molecule has 0 saturated heterocycles. The van der Waals surface area contributed by atoms with E-state index in [1.165, 1.54) is 0 Å². The summed E-state index contributed by atoms with van der Waals surface area (Å²) in [6.07, 6.45) is 1.73. The van der Waals surface area contributed by atoms with Crippen molar-refractivity contribution in [2.75, 3.05) is 24.4 Å². The average molecular weight is 389 g/mol. The van der Waals surface area contributed by atoms with Gasteiger partial charge in [-0.2, -0.15) is 0 Å². The van der Waals surface area contributed by atoms with Crippen molar-refractivity contribution in [2.45, 2.75) is 6.92 Å². The van der Waals surface area contributed by atoms with Crippen molar-refractivity contribution in [2.24, 2.45) is 0 Å². The summed E-state index contributed by atoms with van der Waals surface area (Å²) >= 11 is 0. The molecule has 0 saturated carbocycles. The van der Waals surface area contributed by atoms with Gasteiger partial charge in [0.05, 0.1) is 12.8 Å². The topological polar surface area (TPSA) is 89.5 Å². The maximum Gasteiger partial charge on any atom is 0.262 e. The lowest BCUT2D eigenvalue weighted by molar-refractivity contribution is -0.118. The zero-order chi connectivity index (χ0) is 20.4. The normalized spacial score (nSPS) is 12.4. The molecule has 2 N–H and O–H groups in total. The molecule has 0 atom stereocenters. The van der Waals surface area contributed by atoms with Crippen LogP contribution in [0.15, 0.2) is 54.7 Å². The fourth-order valence-electron chi connectivity index (χ4n) is 3.02. The molecule has 0 bridgehead atoms. The van der Waals surface area contributed by atoms with Crippen LogP contribution in [0.1, 0.15) is 15.9 Å². The fraction of sp³-hybridized carbons (Fsp3) is 0.136. The van der Waals surface area contributed by atoms with Crippen LogP contribution in [0.25, 0.3) is 11.1 Å². The number of pyridine rings is 1. The van der Waals surface area contributed by atoms with E-state index < -0.39 is 0 Å². The number of amides is 2. The Morgan fingerprint density at radius 3 is 2.72 bits per heavy atom. The van der Waals surface area contributed by atoms with Crippen molar-refractivity contribution in [1.82, 2.24) is 4.98 Å². The molecule has 29 heavy (non-hydrogen) atoms. The van der Waals surface area contributed by atoms with E-state index in [9.17, 15) is 9.59 Å². The molecule has 0 aliphatic carbocycles. The Balaban J connectivity index is 1.57. The summed E-state index contributed by atoms with van der Waals surface area (Å²) in [6, 6.07) is 14.5. The number of aromatic nitrogens is 1. The molecular weight excluding hydrogens is 370 g/mol. The third kappa shape index (κ3) is 3.89. The van der Waals surface area contributed by atoms with E-state index in [0.29, 0.717) is 28.6 Å². The van der Waals surface area contributed by atoms with Gasteiger partial charge < -0.3 is 20.1 Å². The monoisotopic (exact) mass is 389 g/mol. The third-order valence-electron chi connectivity index (χ3n) is 4.64. The SMILES string of the molecule is COc1ccc(-c2ccc(C)c(NC(=O)c3ccc4c(c3)OCC(=O)N4)c2)cn1. The Bertz CT molecular complexity index is 1090. The lowest BCUT2D eigenvalue weighted by Crippen LogP contribution is -2.25. The number of carbonyl (C=O) groups excluding carboxylic acids is 2. The minimum absolute atomic E-state index is 0.0604. The van der Waals surface area contributed by atoms with Gasteiger partial charge in [0.1, 0.15) is 5.75 Å². The molecule has 0 unspecified atom stereocenters. The first kappa shape index (κ1) is 18.5. The minimum Gasteiger partial charge on any atom is -0.482 e. The lowest BCUT2D eigenvalue weighted by atomic mass is 10.0. The molecule has 146 valence electrons. The maximum absolute atomic E-state index is 12.8. The Morgan fingerprint density at radius 2 is 1.97 bits per heavy atom. The van der Waals surface area contributed by atoms with E-state index in [1.807, 2.05) is 31.2 Å². The Kier molecular flexibility index (Phi) is 4.87. The number of fused-ring (bicyclic) bond motifs is 1. The van der Waals surface area contributed by atoms with Gasteiger partial charge in [0.15, 0.2) is 6.61 Å². The first-order valence-corrected chi connectivity index (χ1v) is 9.02. The number of nitrogens with one attached hydrogen (secondary N) is 2. The molecule has 2 heterocycles. The van der Waals surface area contributed by atoms with Crippen molar-refractivity contribution in [3.63, 3.8) is 0 Å². The number of methoxy groups -OCH3 is 1. The smallest absolute Gasteiger partial charge is 0.262 e. The molecule has 1 aromatic heterocycles. The minimum atomic E-state index is -0.263. The van der Waals surface area contributed by atoms with Gasteiger partial charge in [-0.25, -0.2) is 4.98 Å². The Hall–Kier alpha value is -3.87. The molecule has 0 spiro atoms. The number of hydrogen-bond acceptors (Lipinski definition) is 5. The quantitative estimate of drug-likeness (QED) is 0.711. The van der Waals surface area contributed by atoms with Gasteiger partial charge in [-0.05, 0) is 48.4 Å². The number of benzene rings is 2. The fourth-order valence-corrected chi connectivity index (χ4v) is 3.02. The highest BCUT2D eigenvalue weighted by atomic mass is 16.5. The molecule has 1 aliphatic rings. The van der Waals surface area contributed by atoms with Crippen LogP contribution in [0.2, 0.25) is 0 Å². The first-order chi connectivity index (χ1) is 14.0. The number of aryl methyl sites for hydroxylation is 1. The Morgan fingerprint density at radius 1 is 1.14 bits per heavy atom. The van der Waals surface area contributed by atoms with Crippen molar-refractivity contribution < 1.29 is 19.1 Å². The summed E-state index contributed by atoms with van der Waals surface area (Å²) in [5, 5.41) is 5.66. The van der Waals surface area contributed by atoms with Gasteiger partial charge in [-0.3, -0.25) is 9.59 Å². The van der Waals surface area contributed by atoms with Gasteiger partial charge in [-0.1, -0.05) is 12.1 Å². The maximum atomic E-state index is 12.8. The summed E-state index contributed by atoms with van der Waals surface area (Å²) in [7, 11) is 1.57. The molecule has 7 nitrogen and oxygen atoms in total. The third-order valence-corrected chi connectivity index (χ3v) is 4.64.